The highest BCUT2D eigenvalue weighted by Gasteiger charge is 2.51. The number of likely N-dealkylation sites (tertiary alicyclic amines) is 1. The van der Waals surface area contributed by atoms with Crippen molar-refractivity contribution in [1.29, 1.82) is 0 Å². The Kier molecular flexibility index (Phi) is 17.8. The number of likely N-dealkylation sites (N-methyl/N-ethyl adjacent to an activating group) is 2. The summed E-state index contributed by atoms with van der Waals surface area (Å²) in [6, 6.07) is 8.48. The normalized spacial score (nSPS) is 14.9. The number of aliphatic carboxylic acids is 2. The number of carboxylic acids is 2. The van der Waals surface area contributed by atoms with E-state index in [9.17, 15) is 37.5 Å². The van der Waals surface area contributed by atoms with Crippen LogP contribution in [0.15, 0.2) is 53.7 Å². The molecule has 1 aromatic heterocycles. The van der Waals surface area contributed by atoms with Crippen LogP contribution in [0.4, 0.5) is 0 Å². The van der Waals surface area contributed by atoms with Crippen molar-refractivity contribution in [2.24, 2.45) is 5.73 Å². The molecule has 16 nitrogen and oxygen atoms in total. The number of carbonyl (C=O) groups excluding carboxylic acids is 3. The monoisotopic (exact) mass is 788 g/mol. The van der Waals surface area contributed by atoms with Gasteiger partial charge in [-0.3, -0.25) is 38.8 Å². The van der Waals surface area contributed by atoms with E-state index in [-0.39, 0.29) is 68.6 Å². The van der Waals surface area contributed by atoms with E-state index in [1.165, 1.54) is 42.3 Å². The standard InChI is InChI=1S/C38H56N6O10S/c1-4-42(27-35(47)48)23-21-41(3)22-24-43(28-36(49)50)26-30(46)9-6-5-7-11-34(39)37(51)44-19-16-38(17-20-44,29(2)45)55(52,53)33-14-12-31(13-15-33)54-32-10-8-18-40-25-32/h8,10,12-15,18,25,34H,4-7,9,11,16-17,19-24,26-28,39H2,1-3H3,(H,47,48)(H,49,50)/t34-/m0/s1. The molecule has 1 aliphatic rings. The molecule has 1 aliphatic heterocycles. The minimum absolute atomic E-state index is 0.00340. The Labute approximate surface area is 323 Å². The van der Waals surface area contributed by atoms with Crippen LogP contribution in [0.3, 0.4) is 0 Å². The zero-order valence-corrected chi connectivity index (χ0v) is 32.9. The molecule has 0 bridgehead atoms. The summed E-state index contributed by atoms with van der Waals surface area (Å²) in [5, 5.41) is 18.4. The predicted octanol–water partition coefficient (Wildman–Crippen LogP) is 2.17. The lowest BCUT2D eigenvalue weighted by atomic mass is 9.91. The Hall–Kier alpha value is -4.29. The summed E-state index contributed by atoms with van der Waals surface area (Å²) in [6.07, 6.45) is 5.41. The number of ketones is 2. The van der Waals surface area contributed by atoms with Crippen molar-refractivity contribution in [2.75, 3.05) is 72.5 Å². The number of carboxylic acid groups (broad SMARTS) is 2. The van der Waals surface area contributed by atoms with Gasteiger partial charge in [0.2, 0.25) is 5.91 Å². The van der Waals surface area contributed by atoms with Gasteiger partial charge in [-0.05, 0) is 82.6 Å². The number of nitrogens with two attached hydrogens (primary N) is 1. The maximum atomic E-state index is 13.9. The first-order valence-corrected chi connectivity index (χ1v) is 20.1. The topological polar surface area (TPSA) is 221 Å². The van der Waals surface area contributed by atoms with Crippen LogP contribution in [0.1, 0.15) is 58.8 Å². The molecule has 3 rings (SSSR count). The lowest BCUT2D eigenvalue weighted by Crippen LogP contribution is -2.56. The van der Waals surface area contributed by atoms with Crippen LogP contribution < -0.4 is 10.5 Å². The van der Waals surface area contributed by atoms with Gasteiger partial charge in [-0.25, -0.2) is 8.42 Å². The molecular formula is C38H56N6O10S. The third kappa shape index (κ3) is 13.8. The summed E-state index contributed by atoms with van der Waals surface area (Å²) in [6.45, 7) is 5.57. The molecule has 304 valence electrons. The molecule has 2 heterocycles. The van der Waals surface area contributed by atoms with Crippen LogP contribution in [0.2, 0.25) is 0 Å². The van der Waals surface area contributed by atoms with E-state index in [1.54, 1.807) is 28.1 Å². The molecule has 1 fully saturated rings. The van der Waals surface area contributed by atoms with Gasteiger partial charge >= 0.3 is 11.9 Å². The van der Waals surface area contributed by atoms with Gasteiger partial charge < -0.3 is 30.5 Å². The third-order valence-electron chi connectivity index (χ3n) is 9.99. The fourth-order valence-corrected chi connectivity index (χ4v) is 8.63. The molecule has 1 amide bonds. The number of aromatic nitrogens is 1. The number of nitrogens with zero attached hydrogens (tertiary/aromatic N) is 5. The van der Waals surface area contributed by atoms with E-state index in [2.05, 4.69) is 4.98 Å². The number of hydrogen-bond donors (Lipinski definition) is 3. The maximum absolute atomic E-state index is 13.9. The largest absolute Gasteiger partial charge is 0.480 e. The summed E-state index contributed by atoms with van der Waals surface area (Å²) in [7, 11) is -2.24. The zero-order chi connectivity index (χ0) is 40.6. The van der Waals surface area contributed by atoms with Crippen LogP contribution in [0.25, 0.3) is 0 Å². The summed E-state index contributed by atoms with van der Waals surface area (Å²) < 4.78 is 31.7. The second kappa shape index (κ2) is 21.7. The Morgan fingerprint density at radius 3 is 2.07 bits per heavy atom. The minimum Gasteiger partial charge on any atom is -0.480 e. The first-order valence-electron chi connectivity index (χ1n) is 18.6. The van der Waals surface area contributed by atoms with Crippen molar-refractivity contribution in [2.45, 2.75) is 74.5 Å². The molecule has 1 saturated heterocycles. The van der Waals surface area contributed by atoms with Crippen molar-refractivity contribution in [3.8, 4) is 11.5 Å². The highest BCUT2D eigenvalue weighted by molar-refractivity contribution is 7.93. The molecule has 0 spiro atoms. The lowest BCUT2D eigenvalue weighted by molar-refractivity contribution is -0.139. The van der Waals surface area contributed by atoms with Crippen molar-refractivity contribution in [3.63, 3.8) is 0 Å². The molecule has 17 heteroatoms. The number of benzene rings is 1. The van der Waals surface area contributed by atoms with Crippen LogP contribution >= 0.6 is 0 Å². The average Bonchev–Trinajstić information content (AvgIpc) is 3.15. The van der Waals surface area contributed by atoms with Crippen molar-refractivity contribution < 1.29 is 47.3 Å². The van der Waals surface area contributed by atoms with E-state index >= 15 is 0 Å². The van der Waals surface area contributed by atoms with Crippen molar-refractivity contribution in [1.82, 2.24) is 24.6 Å². The van der Waals surface area contributed by atoms with Crippen molar-refractivity contribution in [3.05, 3.63) is 48.8 Å². The lowest BCUT2D eigenvalue weighted by Gasteiger charge is -2.40. The Morgan fingerprint density at radius 2 is 1.51 bits per heavy atom. The molecule has 1 atom stereocenters. The smallest absolute Gasteiger partial charge is 0.317 e. The van der Waals surface area contributed by atoms with Crippen LogP contribution in [0.5, 0.6) is 11.5 Å². The highest BCUT2D eigenvalue weighted by atomic mass is 32.2. The molecule has 0 unspecified atom stereocenters. The maximum Gasteiger partial charge on any atom is 0.317 e. The van der Waals surface area contributed by atoms with Crippen LogP contribution in [0, 0.1) is 0 Å². The molecule has 55 heavy (non-hydrogen) atoms. The number of amides is 1. The number of sulfone groups is 1. The first kappa shape index (κ1) is 45.1. The van der Waals surface area contributed by atoms with E-state index in [4.69, 9.17) is 15.6 Å². The summed E-state index contributed by atoms with van der Waals surface area (Å²) >= 11 is 0. The van der Waals surface area contributed by atoms with Crippen molar-refractivity contribution >= 4 is 39.2 Å². The SMILES string of the molecule is CCN(CCN(C)CCN(CC(=O)O)CC(=O)CCCCC[C@H](N)C(=O)N1CCC(C(C)=O)(S(=O)(=O)c2ccc(Oc3cccnc3)cc2)CC1)CC(=O)O. The number of rotatable bonds is 25. The van der Waals surface area contributed by atoms with Gasteiger partial charge in [-0.1, -0.05) is 19.8 Å². The van der Waals surface area contributed by atoms with Gasteiger partial charge in [-0.15, -0.1) is 0 Å². The van der Waals surface area contributed by atoms with Gasteiger partial charge in [0.15, 0.2) is 15.6 Å². The van der Waals surface area contributed by atoms with Crippen LogP contribution in [-0.2, 0) is 33.8 Å². The first-order chi connectivity index (χ1) is 26.1. The number of piperidine rings is 1. The van der Waals surface area contributed by atoms with E-state index in [0.29, 0.717) is 69.9 Å². The average molecular weight is 789 g/mol. The second-order valence-electron chi connectivity index (χ2n) is 14.1. The van der Waals surface area contributed by atoms with Crippen LogP contribution in [-0.4, -0.2) is 156 Å². The Bertz CT molecular complexity index is 1680. The number of unbranched alkanes of at least 4 members (excludes halogenated alkanes) is 2. The highest BCUT2D eigenvalue weighted by Crippen LogP contribution is 2.37. The van der Waals surface area contributed by atoms with E-state index in [1.807, 2.05) is 18.9 Å². The molecule has 1 aromatic carbocycles. The van der Waals surface area contributed by atoms with Gasteiger partial charge in [0, 0.05) is 51.9 Å². The Balaban J connectivity index is 1.42. The number of carbonyl (C=O) groups is 5. The van der Waals surface area contributed by atoms with Gasteiger partial charge in [0.05, 0.1) is 36.8 Å². The van der Waals surface area contributed by atoms with Gasteiger partial charge in [-0.2, -0.15) is 0 Å². The fourth-order valence-electron chi connectivity index (χ4n) is 6.59. The number of pyridine rings is 1. The number of hydrogen-bond acceptors (Lipinski definition) is 13. The molecule has 4 N–H and O–H groups in total. The number of ether oxygens (including phenoxy) is 1. The number of Topliss-reactive ketones (excluding diaryl/α,β-unsaturated/α-hetero) is 2. The Morgan fingerprint density at radius 1 is 0.891 bits per heavy atom. The molecular weight excluding hydrogens is 733 g/mol. The summed E-state index contributed by atoms with van der Waals surface area (Å²) in [5.74, 6) is -1.92. The van der Waals surface area contributed by atoms with Gasteiger partial charge in [0.25, 0.3) is 0 Å². The summed E-state index contributed by atoms with van der Waals surface area (Å²) in [4.78, 5) is 72.2. The fraction of sp³-hybridized carbons (Fsp3) is 0.579. The molecule has 2 aromatic rings. The minimum atomic E-state index is -4.11. The van der Waals surface area contributed by atoms with Gasteiger partial charge in [0.1, 0.15) is 22.0 Å². The second-order valence-corrected chi connectivity index (χ2v) is 16.3. The zero-order valence-electron chi connectivity index (χ0n) is 32.1. The quantitative estimate of drug-likeness (QED) is 0.123. The third-order valence-corrected chi connectivity index (χ3v) is 12.6. The van der Waals surface area contributed by atoms with E-state index < -0.39 is 38.3 Å². The summed E-state index contributed by atoms with van der Waals surface area (Å²) in [5.41, 5.74) is 6.25. The molecule has 0 saturated carbocycles. The molecule has 0 aliphatic carbocycles. The predicted molar refractivity (Wildman–Crippen MR) is 205 cm³/mol. The molecule has 0 radical (unpaired) electrons. The van der Waals surface area contributed by atoms with E-state index in [0.717, 1.165) is 0 Å².